The van der Waals surface area contributed by atoms with Crippen molar-refractivity contribution in [1.82, 2.24) is 9.62 Å². The molecule has 0 aliphatic carbocycles. The van der Waals surface area contributed by atoms with E-state index in [0.29, 0.717) is 17.7 Å². The normalized spacial score (nSPS) is 16.2. The number of fused-ring (bicyclic) bond motifs is 1. The third-order valence-corrected chi connectivity index (χ3v) is 7.90. The number of nitrogens with zero attached hydrogens (tertiary/aromatic N) is 2. The molecule has 0 aromatic heterocycles. The second-order valence-corrected chi connectivity index (χ2v) is 10.8. The van der Waals surface area contributed by atoms with Gasteiger partial charge in [0.2, 0.25) is 21.8 Å². The summed E-state index contributed by atoms with van der Waals surface area (Å²) in [7, 11) is -0.827. The molecule has 172 valence electrons. The molecule has 0 unspecified atom stereocenters. The summed E-state index contributed by atoms with van der Waals surface area (Å²) in [6, 6.07) is 14.4. The lowest BCUT2D eigenvalue weighted by Crippen LogP contribution is -2.43. The van der Waals surface area contributed by atoms with Crippen LogP contribution in [0.2, 0.25) is 0 Å². The van der Waals surface area contributed by atoms with E-state index in [1.807, 2.05) is 37.3 Å². The highest BCUT2D eigenvalue weighted by Crippen LogP contribution is 2.41. The van der Waals surface area contributed by atoms with Crippen LogP contribution >= 0.6 is 0 Å². The molecule has 8 heteroatoms. The molecule has 1 heterocycles. The molecule has 7 nitrogen and oxygen atoms in total. The minimum absolute atomic E-state index is 0.0686. The molecule has 2 aromatic rings. The molecule has 32 heavy (non-hydrogen) atoms. The summed E-state index contributed by atoms with van der Waals surface area (Å²) >= 11 is 0. The fraction of sp³-hybridized carbons (Fsp3) is 0.417. The molecule has 0 fully saturated rings. The van der Waals surface area contributed by atoms with Gasteiger partial charge < -0.3 is 10.2 Å². The van der Waals surface area contributed by atoms with Gasteiger partial charge in [0, 0.05) is 25.8 Å². The Kier molecular flexibility index (Phi) is 6.76. The van der Waals surface area contributed by atoms with Crippen LogP contribution in [0.25, 0.3) is 0 Å². The van der Waals surface area contributed by atoms with Crippen LogP contribution in [0, 0.1) is 0 Å². The van der Waals surface area contributed by atoms with Gasteiger partial charge in [-0.05, 0) is 56.0 Å². The molecule has 2 aromatic carbocycles. The van der Waals surface area contributed by atoms with Crippen molar-refractivity contribution in [1.29, 1.82) is 0 Å². The number of amides is 2. The Morgan fingerprint density at radius 1 is 1.16 bits per heavy atom. The molecule has 1 N–H and O–H groups in total. The standard InChI is InChI=1S/C24H31N3O4S/c1-6-18(14-17-10-8-7-9-11-17)25-22(28)16-26(4)32(30,31)19-12-13-21-20(15-19)24(2,3)23(29)27(21)5/h7-13,15,18H,6,14,16H2,1-5H3,(H,25,28)/t18-/m1/s1. The Labute approximate surface area is 190 Å². The summed E-state index contributed by atoms with van der Waals surface area (Å²) < 4.78 is 27.3. The number of anilines is 1. The molecule has 1 aliphatic heterocycles. The molecule has 3 rings (SSSR count). The second kappa shape index (κ2) is 9.03. The molecule has 2 amide bonds. The monoisotopic (exact) mass is 457 g/mol. The molecular weight excluding hydrogens is 426 g/mol. The highest BCUT2D eigenvalue weighted by molar-refractivity contribution is 7.89. The van der Waals surface area contributed by atoms with Crippen molar-refractivity contribution < 1.29 is 18.0 Å². The second-order valence-electron chi connectivity index (χ2n) is 8.79. The lowest BCUT2D eigenvalue weighted by atomic mass is 9.86. The van der Waals surface area contributed by atoms with Crippen LogP contribution in [0.4, 0.5) is 5.69 Å². The Morgan fingerprint density at radius 3 is 2.44 bits per heavy atom. The first-order valence-electron chi connectivity index (χ1n) is 10.7. The first kappa shape index (κ1) is 23.9. The van der Waals surface area contributed by atoms with E-state index in [1.165, 1.54) is 13.1 Å². The van der Waals surface area contributed by atoms with E-state index in [4.69, 9.17) is 0 Å². The molecule has 0 bridgehead atoms. The lowest BCUT2D eigenvalue weighted by molar-refractivity contribution is -0.122. The van der Waals surface area contributed by atoms with Gasteiger partial charge in [0.15, 0.2) is 0 Å². The van der Waals surface area contributed by atoms with Gasteiger partial charge in [-0.2, -0.15) is 4.31 Å². The van der Waals surface area contributed by atoms with Crippen molar-refractivity contribution >= 4 is 27.5 Å². The molecule has 0 spiro atoms. The minimum atomic E-state index is -3.90. The number of carbonyl (C=O) groups excluding carboxylic acids is 2. The van der Waals surface area contributed by atoms with Gasteiger partial charge in [0.05, 0.1) is 16.9 Å². The molecule has 0 radical (unpaired) electrons. The molecule has 1 atom stereocenters. The number of hydrogen-bond acceptors (Lipinski definition) is 4. The quantitative estimate of drug-likeness (QED) is 0.660. The van der Waals surface area contributed by atoms with E-state index in [2.05, 4.69) is 5.32 Å². The van der Waals surface area contributed by atoms with E-state index in [9.17, 15) is 18.0 Å². The summed E-state index contributed by atoms with van der Waals surface area (Å²) in [5.41, 5.74) is 1.67. The Morgan fingerprint density at radius 2 is 1.81 bits per heavy atom. The van der Waals surface area contributed by atoms with E-state index in [1.54, 1.807) is 37.9 Å². The summed E-state index contributed by atoms with van der Waals surface area (Å²) in [6.07, 6.45) is 1.42. The van der Waals surface area contributed by atoms with E-state index >= 15 is 0 Å². The van der Waals surface area contributed by atoms with Crippen molar-refractivity contribution in [3.8, 4) is 0 Å². The van der Waals surface area contributed by atoms with Crippen LogP contribution in [0.15, 0.2) is 53.4 Å². The average molecular weight is 458 g/mol. The zero-order chi connectivity index (χ0) is 23.7. The maximum absolute atomic E-state index is 13.1. The maximum atomic E-state index is 13.1. The summed E-state index contributed by atoms with van der Waals surface area (Å²) in [4.78, 5) is 26.7. The van der Waals surface area contributed by atoms with Crippen LogP contribution in [0.5, 0.6) is 0 Å². The smallest absolute Gasteiger partial charge is 0.243 e. The van der Waals surface area contributed by atoms with E-state index < -0.39 is 15.4 Å². The van der Waals surface area contributed by atoms with Gasteiger partial charge in [0.25, 0.3) is 0 Å². The van der Waals surface area contributed by atoms with Crippen LogP contribution in [0.1, 0.15) is 38.3 Å². The minimum Gasteiger partial charge on any atom is -0.352 e. The van der Waals surface area contributed by atoms with Gasteiger partial charge in [-0.3, -0.25) is 9.59 Å². The number of sulfonamides is 1. The van der Waals surface area contributed by atoms with Gasteiger partial charge in [-0.15, -0.1) is 0 Å². The number of hydrogen-bond donors (Lipinski definition) is 1. The first-order chi connectivity index (χ1) is 15.0. The van der Waals surface area contributed by atoms with Crippen molar-refractivity contribution in [2.24, 2.45) is 0 Å². The highest BCUT2D eigenvalue weighted by atomic mass is 32.2. The third kappa shape index (κ3) is 4.56. The number of benzene rings is 2. The van der Waals surface area contributed by atoms with Crippen molar-refractivity contribution in [2.75, 3.05) is 25.5 Å². The zero-order valence-electron chi connectivity index (χ0n) is 19.3. The van der Waals surface area contributed by atoms with Gasteiger partial charge >= 0.3 is 0 Å². The Balaban J connectivity index is 1.72. The van der Waals surface area contributed by atoms with Gasteiger partial charge in [0.1, 0.15) is 0 Å². The zero-order valence-corrected chi connectivity index (χ0v) is 20.1. The van der Waals surface area contributed by atoms with Crippen molar-refractivity contribution in [3.05, 3.63) is 59.7 Å². The van der Waals surface area contributed by atoms with Crippen LogP contribution in [-0.2, 0) is 31.4 Å². The van der Waals surface area contributed by atoms with Crippen LogP contribution < -0.4 is 10.2 Å². The SMILES string of the molecule is CC[C@H](Cc1ccccc1)NC(=O)CN(C)S(=O)(=O)c1ccc2c(c1)C(C)(C)C(=O)N2C. The predicted octanol–water partition coefficient (Wildman–Crippen LogP) is 2.70. The molecule has 0 saturated heterocycles. The fourth-order valence-corrected chi connectivity index (χ4v) is 5.20. The third-order valence-electron chi connectivity index (χ3n) is 6.10. The topological polar surface area (TPSA) is 86.8 Å². The number of likely N-dealkylation sites (N-methyl/N-ethyl adjacent to an activating group) is 2. The van der Waals surface area contributed by atoms with Crippen LogP contribution in [-0.4, -0.2) is 51.2 Å². The van der Waals surface area contributed by atoms with Crippen molar-refractivity contribution in [2.45, 2.75) is 50.0 Å². The van der Waals surface area contributed by atoms with Crippen LogP contribution in [0.3, 0.4) is 0 Å². The average Bonchev–Trinajstić information content (AvgIpc) is 2.93. The largest absolute Gasteiger partial charge is 0.352 e. The summed E-state index contributed by atoms with van der Waals surface area (Å²) in [5, 5.41) is 2.94. The predicted molar refractivity (Wildman–Crippen MR) is 125 cm³/mol. The number of rotatable bonds is 8. The lowest BCUT2D eigenvalue weighted by Gasteiger charge is -2.21. The van der Waals surface area contributed by atoms with Crippen molar-refractivity contribution in [3.63, 3.8) is 0 Å². The highest BCUT2D eigenvalue weighted by Gasteiger charge is 2.43. The Bertz CT molecular complexity index is 1110. The first-order valence-corrected chi connectivity index (χ1v) is 12.1. The van der Waals surface area contributed by atoms with Gasteiger partial charge in [-0.25, -0.2) is 8.42 Å². The summed E-state index contributed by atoms with van der Waals surface area (Å²) in [5.74, 6) is -0.436. The molecular formula is C24H31N3O4S. The molecule has 0 saturated carbocycles. The molecule has 1 aliphatic rings. The van der Waals surface area contributed by atoms with E-state index in [-0.39, 0.29) is 29.3 Å². The Hall–Kier alpha value is -2.71. The fourth-order valence-electron chi connectivity index (χ4n) is 4.05. The summed E-state index contributed by atoms with van der Waals surface area (Å²) in [6.45, 7) is 5.26. The number of nitrogens with one attached hydrogen (secondary N) is 1. The number of carbonyl (C=O) groups is 2. The maximum Gasteiger partial charge on any atom is 0.243 e. The van der Waals surface area contributed by atoms with E-state index in [0.717, 1.165) is 16.3 Å². The van der Waals surface area contributed by atoms with Gasteiger partial charge in [-0.1, -0.05) is 37.3 Å².